The zero-order chi connectivity index (χ0) is 13.9. The number of halogens is 1. The van der Waals surface area contributed by atoms with Crippen molar-refractivity contribution in [2.75, 3.05) is 0 Å². The van der Waals surface area contributed by atoms with Crippen LogP contribution in [0.3, 0.4) is 0 Å². The Hall–Kier alpha value is -1.62. The van der Waals surface area contributed by atoms with E-state index < -0.39 is 10.8 Å². The fourth-order valence-corrected chi connectivity index (χ4v) is 1.57. The van der Waals surface area contributed by atoms with E-state index in [-0.39, 0.29) is 28.2 Å². The van der Waals surface area contributed by atoms with Gasteiger partial charge in [0.1, 0.15) is 5.02 Å². The van der Waals surface area contributed by atoms with Gasteiger partial charge in [0.25, 0.3) is 11.6 Å². The van der Waals surface area contributed by atoms with Crippen molar-refractivity contribution in [1.29, 1.82) is 0 Å². The molecule has 0 fully saturated rings. The molecule has 5 nitrogen and oxygen atoms in total. The van der Waals surface area contributed by atoms with Gasteiger partial charge >= 0.3 is 0 Å². The van der Waals surface area contributed by atoms with E-state index >= 15 is 0 Å². The number of rotatable bonds is 4. The van der Waals surface area contributed by atoms with E-state index in [1.807, 2.05) is 20.8 Å². The molecule has 1 N–H and O–H groups in total. The average molecular weight is 271 g/mol. The second-order valence-electron chi connectivity index (χ2n) is 4.40. The number of benzene rings is 1. The molecule has 1 unspecified atom stereocenters. The van der Waals surface area contributed by atoms with Gasteiger partial charge in [-0.2, -0.15) is 0 Å². The Morgan fingerprint density at radius 1 is 1.39 bits per heavy atom. The van der Waals surface area contributed by atoms with Gasteiger partial charge in [-0.25, -0.2) is 0 Å². The molecule has 0 aliphatic rings. The summed E-state index contributed by atoms with van der Waals surface area (Å²) in [6.07, 6.45) is 0. The molecule has 0 radical (unpaired) electrons. The monoisotopic (exact) mass is 270 g/mol. The highest BCUT2D eigenvalue weighted by atomic mass is 35.5. The summed E-state index contributed by atoms with van der Waals surface area (Å²) in [4.78, 5) is 22.0. The summed E-state index contributed by atoms with van der Waals surface area (Å²) in [5.41, 5.74) is -0.139. The van der Waals surface area contributed by atoms with Gasteiger partial charge in [0.15, 0.2) is 0 Å². The van der Waals surface area contributed by atoms with Gasteiger partial charge in [-0.3, -0.25) is 14.9 Å². The van der Waals surface area contributed by atoms with Crippen LogP contribution in [0.25, 0.3) is 0 Å². The van der Waals surface area contributed by atoms with Gasteiger partial charge in [0.2, 0.25) is 0 Å². The van der Waals surface area contributed by atoms with Gasteiger partial charge in [0, 0.05) is 12.1 Å². The summed E-state index contributed by atoms with van der Waals surface area (Å²) in [7, 11) is 0. The maximum absolute atomic E-state index is 11.9. The van der Waals surface area contributed by atoms with E-state index in [2.05, 4.69) is 5.32 Å². The lowest BCUT2D eigenvalue weighted by atomic mass is 10.1. The van der Waals surface area contributed by atoms with Crippen LogP contribution in [0.4, 0.5) is 5.69 Å². The summed E-state index contributed by atoms with van der Waals surface area (Å²) in [6, 6.07) is 4.15. The van der Waals surface area contributed by atoms with Crippen LogP contribution in [0, 0.1) is 16.0 Å². The fourth-order valence-electron chi connectivity index (χ4n) is 1.29. The number of nitro benzene ring substituents is 1. The van der Waals surface area contributed by atoms with Crippen molar-refractivity contribution in [3.05, 3.63) is 38.9 Å². The number of hydrogen-bond acceptors (Lipinski definition) is 3. The molecule has 0 heterocycles. The summed E-state index contributed by atoms with van der Waals surface area (Å²) in [6.45, 7) is 5.81. The zero-order valence-corrected chi connectivity index (χ0v) is 11.2. The van der Waals surface area contributed by atoms with Gasteiger partial charge in [0.05, 0.1) is 10.5 Å². The first-order valence-corrected chi connectivity index (χ1v) is 5.96. The number of carbonyl (C=O) groups excluding carboxylic acids is 1. The molecular formula is C12H15ClN2O3. The van der Waals surface area contributed by atoms with Crippen LogP contribution in [0.1, 0.15) is 31.1 Å². The topological polar surface area (TPSA) is 72.2 Å². The number of carbonyl (C=O) groups is 1. The first-order valence-electron chi connectivity index (χ1n) is 5.58. The molecule has 0 aliphatic carbocycles. The van der Waals surface area contributed by atoms with Crippen molar-refractivity contribution in [3.63, 3.8) is 0 Å². The summed E-state index contributed by atoms with van der Waals surface area (Å²) in [5.74, 6) is -0.128. The average Bonchev–Trinajstić information content (AvgIpc) is 2.28. The zero-order valence-electron chi connectivity index (χ0n) is 10.4. The van der Waals surface area contributed by atoms with Crippen LogP contribution in [0.15, 0.2) is 18.2 Å². The van der Waals surface area contributed by atoms with Crippen molar-refractivity contribution in [3.8, 4) is 0 Å². The Balaban J connectivity index is 3.00. The highest BCUT2D eigenvalue weighted by molar-refractivity contribution is 6.35. The van der Waals surface area contributed by atoms with Crippen LogP contribution < -0.4 is 5.32 Å². The SMILES string of the molecule is CC(C)C(C)NC(=O)c1cccc([N+](=O)[O-])c1Cl. The van der Waals surface area contributed by atoms with Crippen molar-refractivity contribution < 1.29 is 9.72 Å². The molecule has 0 spiro atoms. The second kappa shape index (κ2) is 5.82. The molecule has 6 heteroatoms. The Morgan fingerprint density at radius 3 is 2.50 bits per heavy atom. The second-order valence-corrected chi connectivity index (χ2v) is 4.78. The molecule has 1 aromatic carbocycles. The first kappa shape index (κ1) is 14.4. The van der Waals surface area contributed by atoms with Crippen LogP contribution in [-0.4, -0.2) is 16.9 Å². The van der Waals surface area contributed by atoms with Crippen LogP contribution in [0.2, 0.25) is 5.02 Å². The first-order chi connectivity index (χ1) is 8.34. The van der Waals surface area contributed by atoms with E-state index in [9.17, 15) is 14.9 Å². The van der Waals surface area contributed by atoms with E-state index in [0.29, 0.717) is 0 Å². The molecular weight excluding hydrogens is 256 g/mol. The lowest BCUT2D eigenvalue weighted by Crippen LogP contribution is -2.36. The predicted molar refractivity (Wildman–Crippen MR) is 69.9 cm³/mol. The molecule has 18 heavy (non-hydrogen) atoms. The summed E-state index contributed by atoms with van der Waals surface area (Å²) >= 11 is 5.86. The molecule has 0 aliphatic heterocycles. The largest absolute Gasteiger partial charge is 0.349 e. The Labute approximate surface area is 110 Å². The van der Waals surface area contributed by atoms with Crippen LogP contribution >= 0.6 is 11.6 Å². The molecule has 0 bridgehead atoms. The maximum Gasteiger partial charge on any atom is 0.288 e. The van der Waals surface area contributed by atoms with E-state index in [1.54, 1.807) is 0 Å². The third-order valence-corrected chi connectivity index (χ3v) is 3.18. The van der Waals surface area contributed by atoms with Gasteiger partial charge in [-0.05, 0) is 18.9 Å². The summed E-state index contributed by atoms with van der Waals surface area (Å²) in [5, 5.41) is 13.3. The Morgan fingerprint density at radius 2 is 2.00 bits per heavy atom. The van der Waals surface area contributed by atoms with Crippen molar-refractivity contribution >= 4 is 23.2 Å². The van der Waals surface area contributed by atoms with Gasteiger partial charge in [-0.15, -0.1) is 0 Å². The molecule has 1 atom stereocenters. The Bertz CT molecular complexity index is 474. The number of nitro groups is 1. The van der Waals surface area contributed by atoms with Gasteiger partial charge < -0.3 is 5.32 Å². The quantitative estimate of drug-likeness (QED) is 0.675. The Kier molecular flexibility index (Phi) is 4.67. The van der Waals surface area contributed by atoms with E-state index in [4.69, 9.17) is 11.6 Å². The maximum atomic E-state index is 11.9. The van der Waals surface area contributed by atoms with Crippen LogP contribution in [0.5, 0.6) is 0 Å². The summed E-state index contributed by atoms with van der Waals surface area (Å²) < 4.78 is 0. The minimum absolute atomic E-state index is 0.0344. The highest BCUT2D eigenvalue weighted by Crippen LogP contribution is 2.27. The molecule has 98 valence electrons. The lowest BCUT2D eigenvalue weighted by Gasteiger charge is -2.17. The molecule has 1 amide bonds. The minimum atomic E-state index is -0.606. The number of nitrogens with zero attached hydrogens (tertiary/aromatic N) is 1. The van der Waals surface area contributed by atoms with E-state index in [0.717, 1.165) is 0 Å². The van der Waals surface area contributed by atoms with Crippen LogP contribution in [-0.2, 0) is 0 Å². The third-order valence-electron chi connectivity index (χ3n) is 2.78. The highest BCUT2D eigenvalue weighted by Gasteiger charge is 2.21. The molecule has 0 saturated heterocycles. The number of nitrogens with one attached hydrogen (secondary N) is 1. The number of hydrogen-bond donors (Lipinski definition) is 1. The normalized spacial score (nSPS) is 12.3. The lowest BCUT2D eigenvalue weighted by molar-refractivity contribution is -0.384. The van der Waals surface area contributed by atoms with Gasteiger partial charge in [-0.1, -0.05) is 31.5 Å². The van der Waals surface area contributed by atoms with Crippen molar-refractivity contribution in [1.82, 2.24) is 5.32 Å². The molecule has 1 rings (SSSR count). The smallest absolute Gasteiger partial charge is 0.288 e. The molecule has 1 aromatic rings. The minimum Gasteiger partial charge on any atom is -0.349 e. The standard InChI is InChI=1S/C12H15ClN2O3/c1-7(2)8(3)14-12(16)9-5-4-6-10(11(9)13)15(17)18/h4-8H,1-3H3,(H,14,16). The van der Waals surface area contributed by atoms with Crippen molar-refractivity contribution in [2.24, 2.45) is 5.92 Å². The van der Waals surface area contributed by atoms with E-state index in [1.165, 1.54) is 18.2 Å². The molecule has 0 aromatic heterocycles. The van der Waals surface area contributed by atoms with Crippen molar-refractivity contribution in [2.45, 2.75) is 26.8 Å². The molecule has 0 saturated carbocycles. The predicted octanol–water partition coefficient (Wildman–Crippen LogP) is 3.02. The fraction of sp³-hybridized carbons (Fsp3) is 0.417. The third kappa shape index (κ3) is 3.20. The number of amides is 1.